The second-order valence-electron chi connectivity index (χ2n) is 7.60. The van der Waals surface area contributed by atoms with Gasteiger partial charge in [-0.05, 0) is 32.1 Å². The number of hydrogen-bond donors (Lipinski definition) is 0. The fraction of sp³-hybridized carbons (Fsp3) is 0.882. The van der Waals surface area contributed by atoms with E-state index in [9.17, 15) is 9.59 Å². The molecule has 3 rings (SSSR count). The molecule has 2 saturated carbocycles. The van der Waals surface area contributed by atoms with E-state index in [1.807, 2.05) is 6.92 Å². The van der Waals surface area contributed by atoms with E-state index in [1.54, 1.807) is 0 Å². The van der Waals surface area contributed by atoms with Gasteiger partial charge in [0.1, 0.15) is 12.2 Å². The summed E-state index contributed by atoms with van der Waals surface area (Å²) in [4.78, 5) is 24.5. The molecule has 118 valence electrons. The Labute approximate surface area is 126 Å². The lowest BCUT2D eigenvalue weighted by Gasteiger charge is -2.34. The van der Waals surface area contributed by atoms with Crippen molar-refractivity contribution in [2.75, 3.05) is 0 Å². The first-order valence-electron chi connectivity index (χ1n) is 8.30. The van der Waals surface area contributed by atoms with Crippen molar-refractivity contribution in [1.29, 1.82) is 0 Å². The average molecular weight is 294 g/mol. The van der Waals surface area contributed by atoms with E-state index in [1.165, 1.54) is 0 Å². The topological polar surface area (TPSA) is 52.6 Å². The Morgan fingerprint density at radius 3 is 2.76 bits per heavy atom. The molecule has 0 N–H and O–H groups in total. The molecular formula is C17H26O4. The maximum atomic E-state index is 12.7. The molecule has 21 heavy (non-hydrogen) atoms. The van der Waals surface area contributed by atoms with Crippen LogP contribution in [0.15, 0.2) is 0 Å². The zero-order chi connectivity index (χ0) is 15.4. The van der Waals surface area contributed by atoms with Gasteiger partial charge in [-0.1, -0.05) is 27.2 Å². The van der Waals surface area contributed by atoms with E-state index in [0.29, 0.717) is 5.92 Å². The Morgan fingerprint density at radius 2 is 2.14 bits per heavy atom. The first-order valence-corrected chi connectivity index (χ1v) is 8.30. The first kappa shape index (κ1) is 14.9. The molecular weight excluding hydrogens is 268 g/mol. The predicted molar refractivity (Wildman–Crippen MR) is 77.3 cm³/mol. The second-order valence-corrected chi connectivity index (χ2v) is 7.60. The summed E-state index contributed by atoms with van der Waals surface area (Å²) in [5.74, 6) is 0.724. The van der Waals surface area contributed by atoms with Crippen LogP contribution in [-0.4, -0.2) is 24.1 Å². The quantitative estimate of drug-likeness (QED) is 0.732. The minimum absolute atomic E-state index is 0.0714. The molecule has 1 aliphatic heterocycles. The van der Waals surface area contributed by atoms with Crippen LogP contribution >= 0.6 is 0 Å². The summed E-state index contributed by atoms with van der Waals surface area (Å²) >= 11 is 0. The summed E-state index contributed by atoms with van der Waals surface area (Å²) in [6.45, 7) is 8.24. The Morgan fingerprint density at radius 1 is 1.43 bits per heavy atom. The molecule has 0 aromatic carbocycles. The van der Waals surface area contributed by atoms with E-state index >= 15 is 0 Å². The third kappa shape index (κ3) is 2.09. The van der Waals surface area contributed by atoms with Crippen molar-refractivity contribution in [3.05, 3.63) is 0 Å². The Kier molecular flexibility index (Phi) is 3.53. The van der Waals surface area contributed by atoms with E-state index in [2.05, 4.69) is 20.8 Å². The summed E-state index contributed by atoms with van der Waals surface area (Å²) in [6.07, 6.45) is 3.22. The minimum atomic E-state index is -0.446. The van der Waals surface area contributed by atoms with E-state index < -0.39 is 5.41 Å². The molecule has 3 aliphatic rings. The van der Waals surface area contributed by atoms with Gasteiger partial charge in [-0.15, -0.1) is 0 Å². The molecule has 4 nitrogen and oxygen atoms in total. The number of carbonyl (C=O) groups excluding carboxylic acids is 2. The normalized spacial score (nSPS) is 39.5. The van der Waals surface area contributed by atoms with Gasteiger partial charge in [0.05, 0.1) is 11.3 Å². The fourth-order valence-corrected chi connectivity index (χ4v) is 4.47. The van der Waals surface area contributed by atoms with Gasteiger partial charge in [-0.25, -0.2) is 0 Å². The third-order valence-electron chi connectivity index (χ3n) is 6.17. The van der Waals surface area contributed by atoms with Crippen LogP contribution in [0.2, 0.25) is 0 Å². The van der Waals surface area contributed by atoms with Crippen molar-refractivity contribution < 1.29 is 19.1 Å². The van der Waals surface area contributed by atoms with E-state index in [0.717, 1.165) is 25.7 Å². The van der Waals surface area contributed by atoms with Gasteiger partial charge in [-0.3, -0.25) is 9.59 Å². The maximum absolute atomic E-state index is 12.7. The molecule has 0 radical (unpaired) electrons. The highest BCUT2D eigenvalue weighted by molar-refractivity contribution is 5.78. The summed E-state index contributed by atoms with van der Waals surface area (Å²) in [6, 6.07) is 0. The second kappa shape index (κ2) is 4.99. The van der Waals surface area contributed by atoms with E-state index in [4.69, 9.17) is 9.47 Å². The smallest absolute Gasteiger partial charge is 0.312 e. The van der Waals surface area contributed by atoms with Gasteiger partial charge >= 0.3 is 11.9 Å². The van der Waals surface area contributed by atoms with Gasteiger partial charge in [0, 0.05) is 11.8 Å². The molecule has 4 heteroatoms. The van der Waals surface area contributed by atoms with Crippen LogP contribution in [0.5, 0.6) is 0 Å². The van der Waals surface area contributed by atoms with Crippen molar-refractivity contribution >= 4 is 11.9 Å². The van der Waals surface area contributed by atoms with Crippen LogP contribution in [0.4, 0.5) is 0 Å². The average Bonchev–Trinajstić information content (AvgIpc) is 3.03. The predicted octanol–water partition coefficient (Wildman–Crippen LogP) is 2.94. The van der Waals surface area contributed by atoms with Gasteiger partial charge in [0.15, 0.2) is 0 Å². The zero-order valence-corrected chi connectivity index (χ0v) is 13.4. The van der Waals surface area contributed by atoms with Crippen LogP contribution in [0, 0.1) is 29.1 Å². The number of hydrogen-bond acceptors (Lipinski definition) is 4. The highest BCUT2D eigenvalue weighted by Crippen LogP contribution is 2.55. The SMILES string of the molecule is CCCC(C)(C(=O)OC1C2CC3C(=O)OC1C3C2)C(C)C. The molecule has 0 spiro atoms. The number of fused-ring (bicyclic) bond motifs is 1. The third-order valence-corrected chi connectivity index (χ3v) is 6.17. The van der Waals surface area contributed by atoms with Crippen LogP contribution in [0.3, 0.4) is 0 Å². The van der Waals surface area contributed by atoms with Crippen molar-refractivity contribution in [1.82, 2.24) is 0 Å². The summed E-state index contributed by atoms with van der Waals surface area (Å²) < 4.78 is 11.4. The summed E-state index contributed by atoms with van der Waals surface area (Å²) in [7, 11) is 0. The highest BCUT2D eigenvalue weighted by Gasteiger charge is 2.63. The van der Waals surface area contributed by atoms with Gasteiger partial charge in [0.25, 0.3) is 0 Å². The van der Waals surface area contributed by atoms with E-state index in [-0.39, 0.29) is 41.9 Å². The highest BCUT2D eigenvalue weighted by atomic mass is 16.6. The molecule has 2 aliphatic carbocycles. The number of ether oxygens (including phenoxy) is 2. The zero-order valence-electron chi connectivity index (χ0n) is 13.4. The Balaban J connectivity index is 1.72. The molecule has 1 saturated heterocycles. The van der Waals surface area contributed by atoms with Gasteiger partial charge in [0.2, 0.25) is 0 Å². The van der Waals surface area contributed by atoms with Crippen LogP contribution in [-0.2, 0) is 19.1 Å². The lowest BCUT2D eigenvalue weighted by molar-refractivity contribution is -0.174. The first-order chi connectivity index (χ1) is 9.88. The Hall–Kier alpha value is -1.06. The fourth-order valence-electron chi connectivity index (χ4n) is 4.47. The lowest BCUT2D eigenvalue weighted by Crippen LogP contribution is -2.42. The standard InChI is InChI=1S/C17H26O4/c1-5-6-17(4,9(2)3)16(19)21-13-10-7-11-12(8-10)15(18)20-14(11)13/h9-14H,5-8H2,1-4H3. The van der Waals surface area contributed by atoms with Crippen molar-refractivity contribution in [2.45, 2.75) is 65.6 Å². The summed E-state index contributed by atoms with van der Waals surface area (Å²) in [5, 5.41) is 0. The molecule has 3 fully saturated rings. The van der Waals surface area contributed by atoms with Crippen LogP contribution < -0.4 is 0 Å². The number of esters is 2. The number of rotatable bonds is 5. The van der Waals surface area contributed by atoms with Crippen LogP contribution in [0.1, 0.15) is 53.4 Å². The molecule has 2 bridgehead atoms. The number of carbonyl (C=O) groups is 2. The van der Waals surface area contributed by atoms with Crippen molar-refractivity contribution in [3.63, 3.8) is 0 Å². The summed E-state index contributed by atoms with van der Waals surface area (Å²) in [5.41, 5.74) is -0.446. The van der Waals surface area contributed by atoms with Gasteiger partial charge in [-0.2, -0.15) is 0 Å². The molecule has 1 heterocycles. The molecule has 6 atom stereocenters. The van der Waals surface area contributed by atoms with Crippen LogP contribution in [0.25, 0.3) is 0 Å². The monoisotopic (exact) mass is 294 g/mol. The maximum Gasteiger partial charge on any atom is 0.312 e. The Bertz CT molecular complexity index is 458. The molecule has 6 unspecified atom stereocenters. The molecule has 0 aromatic rings. The lowest BCUT2D eigenvalue weighted by atomic mass is 9.75. The van der Waals surface area contributed by atoms with Crippen molar-refractivity contribution in [3.8, 4) is 0 Å². The van der Waals surface area contributed by atoms with Gasteiger partial charge < -0.3 is 9.47 Å². The largest absolute Gasteiger partial charge is 0.458 e. The minimum Gasteiger partial charge on any atom is -0.458 e. The van der Waals surface area contributed by atoms with Crippen molar-refractivity contribution in [2.24, 2.45) is 29.1 Å². The molecule has 0 amide bonds. The molecule has 0 aromatic heterocycles.